The summed E-state index contributed by atoms with van der Waals surface area (Å²) in [6.45, 7) is 0.636. The predicted octanol–water partition coefficient (Wildman–Crippen LogP) is 0.572. The number of nitrogens with zero attached hydrogens (tertiary/aromatic N) is 3. The van der Waals surface area contributed by atoms with Crippen LogP contribution >= 0.6 is 0 Å². The van der Waals surface area contributed by atoms with Crippen molar-refractivity contribution in [3.8, 4) is 6.07 Å². The van der Waals surface area contributed by atoms with E-state index < -0.39 is 9.84 Å². The Morgan fingerprint density at radius 3 is 3.00 bits per heavy atom. The Bertz CT molecular complexity index is 577. The van der Waals surface area contributed by atoms with Gasteiger partial charge in [-0.15, -0.1) is 0 Å². The van der Waals surface area contributed by atoms with Gasteiger partial charge in [-0.3, -0.25) is 4.90 Å². The van der Waals surface area contributed by atoms with E-state index in [1.165, 1.54) is 0 Å². The molecule has 1 atom stereocenters. The molecule has 6 heteroatoms. The summed E-state index contributed by atoms with van der Waals surface area (Å²) in [7, 11) is -0.937. The molecular formula is C12H15N3O2S. The smallest absolute Gasteiger partial charge is 0.151 e. The molecular weight excluding hydrogens is 250 g/mol. The highest BCUT2D eigenvalue weighted by atomic mass is 32.2. The summed E-state index contributed by atoms with van der Waals surface area (Å²) in [6, 6.07) is 5.66. The van der Waals surface area contributed by atoms with E-state index in [2.05, 4.69) is 4.98 Å². The van der Waals surface area contributed by atoms with Gasteiger partial charge in [0.1, 0.15) is 11.8 Å². The first kappa shape index (κ1) is 13.0. The first-order valence-corrected chi connectivity index (χ1v) is 7.58. The minimum absolute atomic E-state index is 0.0775. The lowest BCUT2D eigenvalue weighted by atomic mass is 10.2. The number of sulfone groups is 1. The molecule has 5 nitrogen and oxygen atoms in total. The van der Waals surface area contributed by atoms with Crippen molar-refractivity contribution in [3.05, 3.63) is 29.6 Å². The van der Waals surface area contributed by atoms with Gasteiger partial charge in [0.05, 0.1) is 11.5 Å². The summed E-state index contributed by atoms with van der Waals surface area (Å²) in [5, 5.41) is 8.77. The monoisotopic (exact) mass is 265 g/mol. The van der Waals surface area contributed by atoms with E-state index in [1.54, 1.807) is 12.3 Å². The van der Waals surface area contributed by atoms with Crippen LogP contribution < -0.4 is 0 Å². The van der Waals surface area contributed by atoms with E-state index in [0.29, 0.717) is 18.7 Å². The molecule has 0 saturated carbocycles. The van der Waals surface area contributed by atoms with E-state index in [0.717, 1.165) is 5.56 Å². The Morgan fingerprint density at radius 2 is 2.39 bits per heavy atom. The van der Waals surface area contributed by atoms with Gasteiger partial charge >= 0.3 is 0 Å². The molecule has 96 valence electrons. The van der Waals surface area contributed by atoms with E-state index in [9.17, 15) is 8.42 Å². The third kappa shape index (κ3) is 3.06. The average molecular weight is 265 g/mol. The Hall–Kier alpha value is -1.45. The highest BCUT2D eigenvalue weighted by molar-refractivity contribution is 7.91. The topological polar surface area (TPSA) is 74.1 Å². The summed E-state index contributed by atoms with van der Waals surface area (Å²) in [5.74, 6) is 0.515. The van der Waals surface area contributed by atoms with Crippen LogP contribution in [0.15, 0.2) is 18.3 Å². The van der Waals surface area contributed by atoms with E-state index >= 15 is 0 Å². The minimum Gasteiger partial charge on any atom is -0.298 e. The number of nitriles is 1. The quantitative estimate of drug-likeness (QED) is 0.799. The van der Waals surface area contributed by atoms with Crippen molar-refractivity contribution >= 4 is 9.84 Å². The predicted molar refractivity (Wildman–Crippen MR) is 67.5 cm³/mol. The van der Waals surface area contributed by atoms with Crippen LogP contribution in [0.25, 0.3) is 0 Å². The zero-order chi connectivity index (χ0) is 13.2. The van der Waals surface area contributed by atoms with Gasteiger partial charge in [-0.2, -0.15) is 5.26 Å². The van der Waals surface area contributed by atoms with Crippen LogP contribution in [0.1, 0.15) is 17.7 Å². The van der Waals surface area contributed by atoms with Crippen molar-refractivity contribution in [2.75, 3.05) is 18.6 Å². The summed E-state index contributed by atoms with van der Waals surface area (Å²) in [6.07, 6.45) is 2.29. The Morgan fingerprint density at radius 1 is 1.61 bits per heavy atom. The number of pyridine rings is 1. The Kier molecular flexibility index (Phi) is 3.64. The fraction of sp³-hybridized carbons (Fsp3) is 0.500. The number of hydrogen-bond donors (Lipinski definition) is 0. The second-order valence-corrected chi connectivity index (χ2v) is 6.86. The lowest BCUT2D eigenvalue weighted by Crippen LogP contribution is -2.32. The second kappa shape index (κ2) is 5.04. The van der Waals surface area contributed by atoms with Gasteiger partial charge in [-0.05, 0) is 31.2 Å². The molecule has 1 saturated heterocycles. The van der Waals surface area contributed by atoms with Crippen molar-refractivity contribution in [2.45, 2.75) is 19.0 Å². The molecule has 0 spiro atoms. The van der Waals surface area contributed by atoms with Crippen molar-refractivity contribution in [1.29, 1.82) is 5.26 Å². The van der Waals surface area contributed by atoms with Crippen LogP contribution in [0.3, 0.4) is 0 Å². The van der Waals surface area contributed by atoms with Gasteiger partial charge in [-0.1, -0.05) is 0 Å². The third-order valence-corrected chi connectivity index (χ3v) is 4.95. The first-order chi connectivity index (χ1) is 8.50. The largest absolute Gasteiger partial charge is 0.298 e. The molecule has 2 heterocycles. The molecule has 0 amide bonds. The number of rotatable bonds is 3. The number of aromatic nitrogens is 1. The SMILES string of the molecule is CN(Cc1ccnc(C#N)c1)C1CCS(=O)(=O)C1. The minimum atomic E-state index is -2.85. The zero-order valence-corrected chi connectivity index (χ0v) is 11.0. The second-order valence-electron chi connectivity index (χ2n) is 4.63. The van der Waals surface area contributed by atoms with E-state index in [4.69, 9.17) is 5.26 Å². The highest BCUT2D eigenvalue weighted by Gasteiger charge is 2.30. The van der Waals surface area contributed by atoms with Gasteiger partial charge in [0, 0.05) is 18.8 Å². The molecule has 0 aromatic carbocycles. The van der Waals surface area contributed by atoms with E-state index in [1.807, 2.05) is 24.1 Å². The van der Waals surface area contributed by atoms with Crippen LogP contribution in [0.2, 0.25) is 0 Å². The van der Waals surface area contributed by atoms with Gasteiger partial charge < -0.3 is 0 Å². The molecule has 18 heavy (non-hydrogen) atoms. The lowest BCUT2D eigenvalue weighted by Gasteiger charge is -2.22. The summed E-state index contributed by atoms with van der Waals surface area (Å²) in [4.78, 5) is 5.94. The molecule has 1 fully saturated rings. The van der Waals surface area contributed by atoms with Crippen molar-refractivity contribution in [3.63, 3.8) is 0 Å². The molecule has 0 aliphatic carbocycles. The summed E-state index contributed by atoms with van der Waals surface area (Å²) in [5.41, 5.74) is 1.37. The molecule has 0 bridgehead atoms. The molecule has 0 radical (unpaired) electrons. The zero-order valence-electron chi connectivity index (χ0n) is 10.2. The Labute approximate surface area is 107 Å². The van der Waals surface area contributed by atoms with Gasteiger partial charge in [0.15, 0.2) is 9.84 Å². The van der Waals surface area contributed by atoms with Crippen LogP contribution in [-0.4, -0.2) is 42.9 Å². The van der Waals surface area contributed by atoms with Crippen molar-refractivity contribution in [2.24, 2.45) is 0 Å². The summed E-state index contributed by atoms with van der Waals surface area (Å²) >= 11 is 0. The maximum absolute atomic E-state index is 11.4. The molecule has 1 aromatic heterocycles. The third-order valence-electron chi connectivity index (χ3n) is 3.20. The Balaban J connectivity index is 2.03. The normalized spacial score (nSPS) is 21.9. The van der Waals surface area contributed by atoms with Crippen LogP contribution in [0.4, 0.5) is 0 Å². The molecule has 1 aromatic rings. The molecule has 2 rings (SSSR count). The molecule has 1 aliphatic rings. The van der Waals surface area contributed by atoms with Crippen molar-refractivity contribution in [1.82, 2.24) is 9.88 Å². The van der Waals surface area contributed by atoms with Gasteiger partial charge in [-0.25, -0.2) is 13.4 Å². The standard InChI is InChI=1S/C12H15N3O2S/c1-15(12-3-5-18(16,17)9-12)8-10-2-4-14-11(6-10)7-13/h2,4,6,12H,3,5,8-9H2,1H3. The lowest BCUT2D eigenvalue weighted by molar-refractivity contribution is 0.254. The number of hydrogen-bond acceptors (Lipinski definition) is 5. The first-order valence-electron chi connectivity index (χ1n) is 5.76. The molecule has 0 N–H and O–H groups in total. The fourth-order valence-corrected chi connectivity index (χ4v) is 3.98. The van der Waals surface area contributed by atoms with Crippen molar-refractivity contribution < 1.29 is 8.42 Å². The maximum Gasteiger partial charge on any atom is 0.151 e. The van der Waals surface area contributed by atoms with Gasteiger partial charge in [0.25, 0.3) is 0 Å². The van der Waals surface area contributed by atoms with Gasteiger partial charge in [0.2, 0.25) is 0 Å². The highest BCUT2D eigenvalue weighted by Crippen LogP contribution is 2.18. The van der Waals surface area contributed by atoms with Crippen LogP contribution in [0.5, 0.6) is 0 Å². The maximum atomic E-state index is 11.4. The van der Waals surface area contributed by atoms with E-state index in [-0.39, 0.29) is 17.5 Å². The van der Waals surface area contributed by atoms with Crippen LogP contribution in [0, 0.1) is 11.3 Å². The van der Waals surface area contributed by atoms with Crippen LogP contribution in [-0.2, 0) is 16.4 Å². The molecule has 1 unspecified atom stereocenters. The fourth-order valence-electron chi connectivity index (χ4n) is 2.17. The average Bonchev–Trinajstić information content (AvgIpc) is 2.70. The molecule has 1 aliphatic heterocycles. The summed E-state index contributed by atoms with van der Waals surface area (Å²) < 4.78 is 22.8.